The average molecular weight is 687 g/mol. The molecule has 2 heterocycles. The molecule has 2 aromatic carbocycles. The van der Waals surface area contributed by atoms with Crippen LogP contribution in [-0.4, -0.2) is 81.8 Å². The highest BCUT2D eigenvalue weighted by molar-refractivity contribution is 7.88. The monoisotopic (exact) mass is 686 g/mol. The third-order valence-corrected chi connectivity index (χ3v) is 11.8. The molecule has 5 atom stereocenters. The number of hydrogen-bond acceptors (Lipinski definition) is 8. The van der Waals surface area contributed by atoms with Crippen molar-refractivity contribution in [2.24, 2.45) is 11.8 Å². The quantitative estimate of drug-likeness (QED) is 0.361. The normalized spacial score (nSPS) is 30.3. The number of carbonyl (C=O) groups is 2. The molecule has 4 aliphatic rings. The van der Waals surface area contributed by atoms with Crippen LogP contribution in [-0.2, 0) is 37.2 Å². The molecule has 6 rings (SSSR count). The molecular formula is C34H43ClN4O7S. The molecule has 254 valence electrons. The van der Waals surface area contributed by atoms with Crippen molar-refractivity contribution in [3.8, 4) is 5.75 Å². The molecule has 0 unspecified atom stereocenters. The van der Waals surface area contributed by atoms with E-state index in [9.17, 15) is 28.2 Å². The molecular weight excluding hydrogens is 644 g/mol. The first-order valence-corrected chi connectivity index (χ1v) is 18.1. The Morgan fingerprint density at radius 3 is 2.72 bits per heavy atom. The van der Waals surface area contributed by atoms with Crippen molar-refractivity contribution in [3.05, 3.63) is 70.3 Å². The summed E-state index contributed by atoms with van der Waals surface area (Å²) in [5.74, 6) is -1.01. The van der Waals surface area contributed by atoms with Gasteiger partial charge in [-0.1, -0.05) is 35.9 Å². The topological polar surface area (TPSA) is 149 Å². The minimum atomic E-state index is -4.29. The molecule has 2 aliphatic heterocycles. The van der Waals surface area contributed by atoms with E-state index in [1.165, 1.54) is 22.1 Å². The number of amides is 2. The molecule has 1 fully saturated rings. The van der Waals surface area contributed by atoms with Gasteiger partial charge in [0.15, 0.2) is 5.60 Å². The minimum absolute atomic E-state index is 0.0529. The first-order chi connectivity index (χ1) is 22.3. The van der Waals surface area contributed by atoms with E-state index in [0.717, 1.165) is 39.2 Å². The number of benzene rings is 2. The zero-order chi connectivity index (χ0) is 33.6. The Kier molecular flexibility index (Phi) is 9.36. The van der Waals surface area contributed by atoms with Crippen LogP contribution in [0, 0.1) is 11.8 Å². The van der Waals surface area contributed by atoms with Gasteiger partial charge in [-0.2, -0.15) is 8.42 Å². The lowest BCUT2D eigenvalue weighted by Crippen LogP contribution is -2.51. The van der Waals surface area contributed by atoms with Gasteiger partial charge in [0.05, 0.1) is 24.8 Å². The summed E-state index contributed by atoms with van der Waals surface area (Å²) in [4.78, 5) is 30.6. The third kappa shape index (κ3) is 6.63. The van der Waals surface area contributed by atoms with Crippen LogP contribution in [0.5, 0.6) is 5.75 Å². The van der Waals surface area contributed by atoms with Crippen molar-refractivity contribution in [3.63, 3.8) is 0 Å². The van der Waals surface area contributed by atoms with E-state index in [-0.39, 0.29) is 29.4 Å². The van der Waals surface area contributed by atoms with Gasteiger partial charge in [0.25, 0.3) is 5.91 Å². The number of nitrogens with one attached hydrogen (secondary N) is 2. The molecule has 1 spiro atoms. The van der Waals surface area contributed by atoms with E-state index < -0.39 is 40.1 Å². The number of anilines is 1. The van der Waals surface area contributed by atoms with Gasteiger partial charge >= 0.3 is 10.2 Å². The summed E-state index contributed by atoms with van der Waals surface area (Å²) in [6, 6.07) is 10.9. The van der Waals surface area contributed by atoms with Crippen molar-refractivity contribution in [1.29, 1.82) is 0 Å². The number of aliphatic hydroxyl groups is 2. The molecule has 1 saturated carbocycles. The predicted octanol–water partition coefficient (Wildman–Crippen LogP) is 2.78. The number of rotatable bonds is 3. The van der Waals surface area contributed by atoms with E-state index in [2.05, 4.69) is 11.0 Å². The van der Waals surface area contributed by atoms with Gasteiger partial charge in [-0.05, 0) is 91.3 Å². The summed E-state index contributed by atoms with van der Waals surface area (Å²) in [6.45, 7) is 1.86. The predicted molar refractivity (Wildman–Crippen MR) is 178 cm³/mol. The number of fused-ring (bicyclic) bond motifs is 4. The van der Waals surface area contributed by atoms with Crippen LogP contribution in [0.15, 0.2) is 48.6 Å². The van der Waals surface area contributed by atoms with Gasteiger partial charge in [-0.25, -0.2) is 9.44 Å². The maximum Gasteiger partial charge on any atom is 0.301 e. The van der Waals surface area contributed by atoms with E-state index in [1.54, 1.807) is 25.3 Å². The van der Waals surface area contributed by atoms with E-state index in [1.807, 2.05) is 27.7 Å². The number of nitrogens with zero attached hydrogens (tertiary/aromatic N) is 2. The van der Waals surface area contributed by atoms with Crippen LogP contribution in [0.25, 0.3) is 0 Å². The van der Waals surface area contributed by atoms with Crippen molar-refractivity contribution < 1.29 is 33.0 Å². The molecule has 11 nitrogen and oxygen atoms in total. The van der Waals surface area contributed by atoms with Crippen LogP contribution in [0.2, 0.25) is 5.02 Å². The first kappa shape index (κ1) is 33.7. The van der Waals surface area contributed by atoms with Crippen LogP contribution in [0.3, 0.4) is 0 Å². The third-order valence-electron chi connectivity index (χ3n) is 10.6. The minimum Gasteiger partial charge on any atom is -0.490 e. The molecule has 13 heteroatoms. The summed E-state index contributed by atoms with van der Waals surface area (Å²) < 4.78 is 35.2. The van der Waals surface area contributed by atoms with Crippen LogP contribution < -0.4 is 19.1 Å². The van der Waals surface area contributed by atoms with E-state index in [0.29, 0.717) is 42.6 Å². The van der Waals surface area contributed by atoms with Gasteiger partial charge in [-0.3, -0.25) is 9.59 Å². The van der Waals surface area contributed by atoms with Crippen LogP contribution >= 0.6 is 11.6 Å². The molecule has 0 saturated heterocycles. The fraction of sp³-hybridized carbons (Fsp3) is 0.529. The fourth-order valence-electron chi connectivity index (χ4n) is 7.62. The summed E-state index contributed by atoms with van der Waals surface area (Å²) >= 11 is 6.40. The number of aliphatic hydroxyl groups excluding tert-OH is 1. The van der Waals surface area contributed by atoms with Crippen LogP contribution in [0.4, 0.5) is 5.69 Å². The second-order valence-electron chi connectivity index (χ2n) is 13.5. The Hall–Kier alpha value is -3.16. The Morgan fingerprint density at radius 2 is 1.98 bits per heavy atom. The molecule has 0 aromatic heterocycles. The lowest BCUT2D eigenvalue weighted by Gasteiger charge is -2.45. The number of ether oxygens (including phenoxy) is 1. The largest absolute Gasteiger partial charge is 0.490 e. The second kappa shape index (κ2) is 13.0. The maximum absolute atomic E-state index is 13.6. The highest BCUT2D eigenvalue weighted by atomic mass is 35.5. The average Bonchev–Trinajstić information content (AvgIpc) is 3.17. The highest BCUT2D eigenvalue weighted by Gasteiger charge is 2.46. The second-order valence-corrected chi connectivity index (χ2v) is 15.5. The van der Waals surface area contributed by atoms with E-state index in [4.69, 9.17) is 16.3 Å². The van der Waals surface area contributed by atoms with E-state index >= 15 is 0 Å². The maximum atomic E-state index is 13.6. The smallest absolute Gasteiger partial charge is 0.301 e. The molecule has 2 aromatic rings. The Labute approximate surface area is 281 Å². The summed E-state index contributed by atoms with van der Waals surface area (Å²) in [5, 5.41) is 23.9. The van der Waals surface area contributed by atoms with Gasteiger partial charge in [-0.15, -0.1) is 0 Å². The molecule has 47 heavy (non-hydrogen) atoms. The summed E-state index contributed by atoms with van der Waals surface area (Å²) in [7, 11) is -1.59. The molecule has 2 amide bonds. The van der Waals surface area contributed by atoms with Gasteiger partial charge in [0.1, 0.15) is 5.75 Å². The standard InChI is InChI=1S/C34H43ClN4O7S/c1-36-47(44,45)37-32(42)34(43)18-31(41)38(2)15-4-3-7-29(40)26-11-8-23(26)19-39-20-33(21-46-30-13-9-24(34)17-28(30)39)14-5-6-22-16-25(35)10-12-27(22)33/h3,7,9-10,12-13,16-17,23,26,29,36,40,43H,4-6,8,11,14-15,18-21H2,1-2H3,(H,37,42)/b7-3-/t23-,26+,29-,33-,34+/m0/s1. The van der Waals surface area contributed by atoms with Crippen LogP contribution in [0.1, 0.15) is 55.2 Å². The zero-order valence-electron chi connectivity index (χ0n) is 26.7. The van der Waals surface area contributed by atoms with Crippen molar-refractivity contribution in [2.75, 3.05) is 45.2 Å². The molecule has 0 radical (unpaired) electrons. The lowest BCUT2D eigenvalue weighted by atomic mass is 9.68. The fourth-order valence-corrected chi connectivity index (χ4v) is 8.33. The Balaban J connectivity index is 1.48. The Morgan fingerprint density at radius 1 is 1.17 bits per heavy atom. The SMILES string of the molecule is CNS(=O)(=O)NC(=O)[C@@]1(O)CC(=O)N(C)CC/C=C\[C@H](O)[C@@H]2CC[C@H]2CN2C[C@@]3(CCCc4cc(Cl)ccc43)COc3ccc1cc32. The number of hydrogen-bond donors (Lipinski definition) is 4. The lowest BCUT2D eigenvalue weighted by molar-refractivity contribution is -0.148. The van der Waals surface area contributed by atoms with Crippen molar-refractivity contribution >= 4 is 39.3 Å². The molecule has 2 bridgehead atoms. The Bertz CT molecular complexity index is 1690. The highest BCUT2D eigenvalue weighted by Crippen LogP contribution is 2.47. The first-order valence-electron chi connectivity index (χ1n) is 16.2. The van der Waals surface area contributed by atoms with Gasteiger partial charge in [0, 0.05) is 44.2 Å². The van der Waals surface area contributed by atoms with Crippen molar-refractivity contribution in [1.82, 2.24) is 14.3 Å². The summed E-state index contributed by atoms with van der Waals surface area (Å²) in [5.41, 5.74) is 0.184. The number of carbonyl (C=O) groups excluding carboxylic acids is 2. The number of aryl methyl sites for hydroxylation is 1. The molecule has 2 aliphatic carbocycles. The number of halogens is 1. The zero-order valence-corrected chi connectivity index (χ0v) is 28.3. The summed E-state index contributed by atoms with van der Waals surface area (Å²) in [6.07, 6.45) is 7.38. The van der Waals surface area contributed by atoms with Gasteiger partial charge in [0.2, 0.25) is 5.91 Å². The van der Waals surface area contributed by atoms with Crippen molar-refractivity contribution in [2.45, 2.75) is 62.1 Å². The van der Waals surface area contributed by atoms with Gasteiger partial charge < -0.3 is 24.7 Å². The molecule has 4 N–H and O–H groups in total.